The van der Waals surface area contributed by atoms with Crippen molar-refractivity contribution in [3.8, 4) is 0 Å². The van der Waals surface area contributed by atoms with Gasteiger partial charge in [-0.25, -0.2) is 4.79 Å². The van der Waals surface area contributed by atoms with E-state index in [-0.39, 0.29) is 6.54 Å². The predicted octanol–water partition coefficient (Wildman–Crippen LogP) is 5.35. The van der Waals surface area contributed by atoms with Crippen LogP contribution >= 0.6 is 0 Å². The summed E-state index contributed by atoms with van der Waals surface area (Å²) in [6, 6.07) is 0. The zero-order valence-electron chi connectivity index (χ0n) is 20.1. The van der Waals surface area contributed by atoms with Crippen LogP contribution in [0.4, 0.5) is 4.79 Å². The molecule has 1 unspecified atom stereocenters. The number of allylic oxidation sites excluding steroid dienone is 3. The van der Waals surface area contributed by atoms with Crippen LogP contribution in [0.5, 0.6) is 0 Å². The van der Waals surface area contributed by atoms with E-state index < -0.39 is 23.7 Å². The van der Waals surface area contributed by atoms with Crippen molar-refractivity contribution >= 4 is 12.0 Å². The van der Waals surface area contributed by atoms with Gasteiger partial charge in [-0.05, 0) is 32.9 Å². The Balaban J connectivity index is -0.000000194. The molecule has 0 saturated heterocycles. The summed E-state index contributed by atoms with van der Waals surface area (Å²) in [4.78, 5) is 23.0. The first kappa shape index (κ1) is 36.8. The van der Waals surface area contributed by atoms with Crippen LogP contribution in [0, 0.1) is 0 Å². The summed E-state index contributed by atoms with van der Waals surface area (Å²) in [6.07, 6.45) is 2.32. The lowest BCUT2D eigenvalue weighted by atomic mass is 10.2. The average Bonchev–Trinajstić information content (AvgIpc) is 2.70. The molecule has 0 spiro atoms. The SMILES string of the molecule is C=C/C=C(\C=C)NC(=O)C(O)CNC(=O)OC(C)(C)C.CC.CC.CC.CC. The minimum Gasteiger partial charge on any atom is -0.444 e. The van der Waals surface area contributed by atoms with Gasteiger partial charge in [-0.3, -0.25) is 4.79 Å². The fraction of sp³-hybridized carbons (Fsp3) is 0.636. The molecule has 6 heteroatoms. The summed E-state index contributed by atoms with van der Waals surface area (Å²) in [5, 5.41) is 14.3. The minimum atomic E-state index is -1.39. The van der Waals surface area contributed by atoms with Gasteiger partial charge in [0.1, 0.15) is 11.7 Å². The second-order valence-electron chi connectivity index (χ2n) is 4.95. The molecule has 0 bridgehead atoms. The highest BCUT2D eigenvalue weighted by Gasteiger charge is 2.19. The van der Waals surface area contributed by atoms with Gasteiger partial charge in [0, 0.05) is 5.70 Å². The summed E-state index contributed by atoms with van der Waals surface area (Å²) < 4.78 is 4.97. The van der Waals surface area contributed by atoms with Gasteiger partial charge in [-0.1, -0.05) is 74.6 Å². The Morgan fingerprint density at radius 1 is 1.00 bits per heavy atom. The quantitative estimate of drug-likeness (QED) is 0.523. The molecule has 6 nitrogen and oxygen atoms in total. The largest absolute Gasteiger partial charge is 0.444 e. The van der Waals surface area contributed by atoms with Gasteiger partial charge in [0.05, 0.1) is 6.54 Å². The van der Waals surface area contributed by atoms with Gasteiger partial charge in [0.15, 0.2) is 0 Å². The van der Waals surface area contributed by atoms with E-state index in [1.165, 1.54) is 18.2 Å². The number of hydrogen-bond acceptors (Lipinski definition) is 4. The number of carbonyl (C=O) groups is 2. The lowest BCUT2D eigenvalue weighted by Crippen LogP contribution is -2.43. The van der Waals surface area contributed by atoms with E-state index in [0.29, 0.717) is 5.70 Å². The van der Waals surface area contributed by atoms with Crippen LogP contribution in [0.15, 0.2) is 37.1 Å². The van der Waals surface area contributed by atoms with E-state index in [9.17, 15) is 14.7 Å². The first-order chi connectivity index (χ1) is 13.2. The van der Waals surface area contributed by atoms with Crippen molar-refractivity contribution in [1.82, 2.24) is 10.6 Å². The maximum Gasteiger partial charge on any atom is 0.407 e. The highest BCUT2D eigenvalue weighted by Crippen LogP contribution is 2.06. The molecule has 0 aliphatic heterocycles. The molecule has 2 amide bonds. The molecule has 0 radical (unpaired) electrons. The second kappa shape index (κ2) is 27.1. The average molecular weight is 403 g/mol. The first-order valence-electron chi connectivity index (χ1n) is 10.1. The molecule has 28 heavy (non-hydrogen) atoms. The van der Waals surface area contributed by atoms with Gasteiger partial charge < -0.3 is 20.5 Å². The van der Waals surface area contributed by atoms with Crippen molar-refractivity contribution in [2.45, 2.75) is 87.9 Å². The zero-order chi connectivity index (χ0) is 23.8. The Morgan fingerprint density at radius 3 is 1.75 bits per heavy atom. The second-order valence-corrected chi connectivity index (χ2v) is 4.95. The predicted molar refractivity (Wildman–Crippen MR) is 122 cm³/mol. The van der Waals surface area contributed by atoms with Gasteiger partial charge in [0.2, 0.25) is 0 Å². The summed E-state index contributed by atoms with van der Waals surface area (Å²) in [5.74, 6) is -0.658. The van der Waals surface area contributed by atoms with Crippen molar-refractivity contribution in [1.29, 1.82) is 0 Å². The van der Waals surface area contributed by atoms with Gasteiger partial charge in [0.25, 0.3) is 5.91 Å². The molecule has 168 valence electrons. The number of carbonyl (C=O) groups excluding carboxylic acids is 2. The van der Waals surface area contributed by atoms with E-state index >= 15 is 0 Å². The van der Waals surface area contributed by atoms with Crippen LogP contribution < -0.4 is 10.6 Å². The van der Waals surface area contributed by atoms with Crippen LogP contribution in [-0.2, 0) is 9.53 Å². The van der Waals surface area contributed by atoms with Crippen molar-refractivity contribution in [3.63, 3.8) is 0 Å². The third kappa shape index (κ3) is 28.7. The Morgan fingerprint density at radius 2 is 1.43 bits per heavy atom. The normalized spacial score (nSPS) is 10.2. The Labute approximate surface area is 174 Å². The number of aliphatic hydroxyl groups excluding tert-OH is 1. The van der Waals surface area contributed by atoms with Gasteiger partial charge in [-0.2, -0.15) is 0 Å². The third-order valence-corrected chi connectivity index (χ3v) is 1.93. The molecule has 3 N–H and O–H groups in total. The summed E-state index contributed by atoms with van der Waals surface area (Å²) in [6.45, 7) is 27.9. The highest BCUT2D eigenvalue weighted by molar-refractivity contribution is 5.83. The zero-order valence-corrected chi connectivity index (χ0v) is 20.1. The third-order valence-electron chi connectivity index (χ3n) is 1.93. The van der Waals surface area contributed by atoms with E-state index in [2.05, 4.69) is 23.8 Å². The van der Waals surface area contributed by atoms with Gasteiger partial charge >= 0.3 is 6.09 Å². The molecule has 0 rings (SSSR count). The van der Waals surface area contributed by atoms with E-state index in [1.54, 1.807) is 20.8 Å². The number of hydrogen-bond donors (Lipinski definition) is 3. The first-order valence-corrected chi connectivity index (χ1v) is 10.1. The smallest absolute Gasteiger partial charge is 0.407 e. The van der Waals surface area contributed by atoms with E-state index in [0.717, 1.165) is 0 Å². The van der Waals surface area contributed by atoms with Crippen molar-refractivity contribution < 1.29 is 19.4 Å². The Bertz CT molecular complexity index is 411. The lowest BCUT2D eigenvalue weighted by Gasteiger charge is -2.20. The number of alkyl carbamates (subject to hydrolysis) is 1. The van der Waals surface area contributed by atoms with E-state index in [1.807, 2.05) is 55.4 Å². The maximum atomic E-state index is 11.6. The fourth-order valence-electron chi connectivity index (χ4n) is 1.10. The monoisotopic (exact) mass is 402 g/mol. The number of amides is 2. The molecule has 0 heterocycles. The Hall–Kier alpha value is -2.08. The molecule has 0 aromatic heterocycles. The minimum absolute atomic E-state index is 0.251. The molecule has 0 aromatic carbocycles. The lowest BCUT2D eigenvalue weighted by molar-refractivity contribution is -0.128. The summed E-state index contributed by atoms with van der Waals surface area (Å²) >= 11 is 0. The molecule has 0 aliphatic rings. The fourth-order valence-corrected chi connectivity index (χ4v) is 1.10. The van der Waals surface area contributed by atoms with Crippen LogP contribution in [-0.4, -0.2) is 35.4 Å². The highest BCUT2D eigenvalue weighted by atomic mass is 16.6. The molecular weight excluding hydrogens is 356 g/mol. The molecule has 1 atom stereocenters. The van der Waals surface area contributed by atoms with E-state index in [4.69, 9.17) is 4.74 Å². The number of rotatable bonds is 6. The standard InChI is InChI=1S/C14H22N2O4.4C2H6/c1-6-8-10(7-2)16-12(18)11(17)9-15-13(19)20-14(3,4)5;4*1-2/h6-8,11,17H,1-2,9H2,3-5H3,(H,15,19)(H,16,18);4*1-2H3/b10-8+;;;;. The topological polar surface area (TPSA) is 87.7 Å². The van der Waals surface area contributed by atoms with Crippen molar-refractivity contribution in [2.75, 3.05) is 6.54 Å². The van der Waals surface area contributed by atoms with Gasteiger partial charge in [-0.15, -0.1) is 0 Å². The number of aliphatic hydroxyl groups is 1. The number of ether oxygens (including phenoxy) is 1. The number of nitrogens with one attached hydrogen (secondary N) is 2. The van der Waals surface area contributed by atoms with Crippen molar-refractivity contribution in [3.05, 3.63) is 37.1 Å². The summed E-state index contributed by atoms with van der Waals surface area (Å²) in [5.41, 5.74) is -0.235. The molecular formula is C22H46N2O4. The summed E-state index contributed by atoms with van der Waals surface area (Å²) in [7, 11) is 0. The molecule has 0 fully saturated rings. The van der Waals surface area contributed by atoms with Crippen LogP contribution in [0.1, 0.15) is 76.2 Å². The molecule has 0 aliphatic carbocycles. The van der Waals surface area contributed by atoms with Crippen LogP contribution in [0.3, 0.4) is 0 Å². The molecule has 0 saturated carbocycles. The van der Waals surface area contributed by atoms with Crippen molar-refractivity contribution in [2.24, 2.45) is 0 Å². The maximum absolute atomic E-state index is 11.6. The molecule has 0 aromatic rings. The Kier molecular flexibility index (Phi) is 35.7. The van der Waals surface area contributed by atoms with Crippen LogP contribution in [0.25, 0.3) is 0 Å². The van der Waals surface area contributed by atoms with Crippen LogP contribution in [0.2, 0.25) is 0 Å².